The number of benzene rings is 2. The number of carbonyl (C=O) groups excluding carboxylic acids is 1. The summed E-state index contributed by atoms with van der Waals surface area (Å²) in [5.41, 5.74) is 0.662. The minimum atomic E-state index is -4.57. The van der Waals surface area contributed by atoms with Crippen LogP contribution in [0.25, 0.3) is 11.1 Å². The Kier molecular flexibility index (Phi) is 8.69. The fourth-order valence-corrected chi connectivity index (χ4v) is 6.76. The third kappa shape index (κ3) is 6.70. The van der Waals surface area contributed by atoms with Crippen LogP contribution < -0.4 is 9.80 Å². The molecule has 232 valence electrons. The predicted molar refractivity (Wildman–Crippen MR) is 160 cm³/mol. The fraction of sp³-hybridized carbons (Fsp3) is 0.419. The lowest BCUT2D eigenvalue weighted by atomic mass is 9.81. The number of aromatic nitrogens is 1. The molecular weight excluding hydrogens is 584 g/mol. The second kappa shape index (κ2) is 11.5. The van der Waals surface area contributed by atoms with Gasteiger partial charge in [-0.1, -0.05) is 17.7 Å². The summed E-state index contributed by atoms with van der Waals surface area (Å²) in [5, 5.41) is 0. The van der Waals surface area contributed by atoms with Crippen molar-refractivity contribution < 1.29 is 30.8 Å². The predicted octanol–water partition coefficient (Wildman–Crippen LogP) is 5.93. The normalized spacial score (nSPS) is 16.8. The molecule has 0 radical (unpaired) electrons. The maximum Gasteiger partial charge on any atom is 0.416 e. The van der Waals surface area contributed by atoms with Crippen LogP contribution in [0, 0.1) is 19.7 Å². The Balaban J connectivity index is 1.77. The number of piperazine rings is 1. The topological polar surface area (TPSA) is 73.8 Å². The number of rotatable bonds is 6. The van der Waals surface area contributed by atoms with Crippen LogP contribution in [-0.4, -0.2) is 62.6 Å². The third-order valence-corrected chi connectivity index (χ3v) is 9.39. The average molecular weight is 621 g/mol. The lowest BCUT2D eigenvalue weighted by Gasteiger charge is -2.39. The lowest BCUT2D eigenvalue weighted by molar-refractivity contribution is -0.137. The van der Waals surface area contributed by atoms with Gasteiger partial charge in [0.25, 0.3) is 0 Å². The van der Waals surface area contributed by atoms with E-state index in [1.54, 1.807) is 45.9 Å². The number of hydrogen-bond acceptors (Lipinski definition) is 5. The Morgan fingerprint density at radius 3 is 2.23 bits per heavy atom. The van der Waals surface area contributed by atoms with Crippen molar-refractivity contribution in [3.8, 4) is 11.1 Å². The summed E-state index contributed by atoms with van der Waals surface area (Å²) in [7, 11) is -1.84. The fourth-order valence-electron chi connectivity index (χ4n) is 5.62. The molecule has 1 amide bonds. The largest absolute Gasteiger partial charge is 0.416 e. The Bertz CT molecular complexity index is 1660. The van der Waals surface area contributed by atoms with E-state index in [9.17, 15) is 30.8 Å². The van der Waals surface area contributed by atoms with E-state index < -0.39 is 38.9 Å². The number of alkyl halides is 3. The zero-order chi connectivity index (χ0) is 32.1. The second-order valence-corrected chi connectivity index (χ2v) is 13.7. The van der Waals surface area contributed by atoms with E-state index in [1.807, 2.05) is 11.8 Å². The van der Waals surface area contributed by atoms with Gasteiger partial charge in [0.2, 0.25) is 15.9 Å². The molecule has 4 rings (SSSR count). The monoisotopic (exact) mass is 620 g/mol. The Morgan fingerprint density at radius 1 is 1.00 bits per heavy atom. The van der Waals surface area contributed by atoms with Crippen LogP contribution in [0.1, 0.15) is 43.0 Å². The van der Waals surface area contributed by atoms with Crippen molar-refractivity contribution in [1.82, 2.24) is 9.29 Å². The highest BCUT2D eigenvalue weighted by Crippen LogP contribution is 2.39. The smallest absolute Gasteiger partial charge is 0.354 e. The first-order valence-electron chi connectivity index (χ1n) is 13.8. The van der Waals surface area contributed by atoms with Crippen molar-refractivity contribution in [2.45, 2.75) is 52.3 Å². The summed E-state index contributed by atoms with van der Waals surface area (Å²) >= 11 is 0. The number of hydrogen-bond donors (Lipinski definition) is 0. The molecule has 0 saturated carbocycles. The van der Waals surface area contributed by atoms with Crippen molar-refractivity contribution in [3.63, 3.8) is 0 Å². The molecule has 12 heteroatoms. The summed E-state index contributed by atoms with van der Waals surface area (Å²) < 4.78 is 80.6. The zero-order valence-electron chi connectivity index (χ0n) is 25.3. The molecule has 0 N–H and O–H groups in total. The van der Waals surface area contributed by atoms with E-state index in [1.165, 1.54) is 40.8 Å². The van der Waals surface area contributed by atoms with Gasteiger partial charge in [-0.05, 0) is 81.6 Å². The van der Waals surface area contributed by atoms with Crippen LogP contribution in [0.5, 0.6) is 0 Å². The van der Waals surface area contributed by atoms with Gasteiger partial charge in [0.05, 0.1) is 29.1 Å². The number of halogens is 4. The summed E-state index contributed by atoms with van der Waals surface area (Å²) in [4.78, 5) is 21.9. The molecular formula is C31H36F4N4O3S. The molecule has 1 aromatic heterocycles. The van der Waals surface area contributed by atoms with Crippen molar-refractivity contribution in [1.29, 1.82) is 0 Å². The van der Waals surface area contributed by atoms with Crippen LogP contribution in [0.15, 0.2) is 48.7 Å². The molecule has 0 unspecified atom stereocenters. The molecule has 0 bridgehead atoms. The van der Waals surface area contributed by atoms with Crippen molar-refractivity contribution in [2.24, 2.45) is 0 Å². The summed E-state index contributed by atoms with van der Waals surface area (Å²) in [6, 6.07) is 9.40. The van der Waals surface area contributed by atoms with Crippen molar-refractivity contribution in [3.05, 3.63) is 76.7 Å². The molecule has 0 aliphatic carbocycles. The molecule has 7 nitrogen and oxygen atoms in total. The van der Waals surface area contributed by atoms with Crippen LogP contribution in [0.4, 0.5) is 29.1 Å². The molecule has 3 aromatic rings. The van der Waals surface area contributed by atoms with Gasteiger partial charge in [-0.3, -0.25) is 4.79 Å². The van der Waals surface area contributed by atoms with E-state index in [0.717, 1.165) is 12.1 Å². The van der Waals surface area contributed by atoms with Gasteiger partial charge in [0, 0.05) is 38.3 Å². The molecule has 2 aromatic carbocycles. The zero-order valence-corrected chi connectivity index (χ0v) is 26.1. The number of nitrogens with zero attached hydrogens (tertiary/aromatic N) is 4. The van der Waals surface area contributed by atoms with Gasteiger partial charge in [-0.2, -0.15) is 17.5 Å². The quantitative estimate of drug-likeness (QED) is 0.320. The van der Waals surface area contributed by atoms with Gasteiger partial charge < -0.3 is 9.80 Å². The minimum absolute atomic E-state index is 0.221. The van der Waals surface area contributed by atoms with Crippen LogP contribution in [-0.2, 0) is 26.4 Å². The number of amides is 1. The number of anilines is 2. The van der Waals surface area contributed by atoms with Crippen molar-refractivity contribution >= 4 is 27.4 Å². The van der Waals surface area contributed by atoms with Crippen LogP contribution in [0.2, 0.25) is 0 Å². The Labute approximate surface area is 250 Å². The number of pyridine rings is 1. The molecule has 1 aliphatic heterocycles. The van der Waals surface area contributed by atoms with Gasteiger partial charge in [-0.25, -0.2) is 17.8 Å². The molecule has 0 spiro atoms. The van der Waals surface area contributed by atoms with Gasteiger partial charge >= 0.3 is 6.18 Å². The molecule has 1 aliphatic rings. The van der Waals surface area contributed by atoms with E-state index in [4.69, 9.17) is 0 Å². The standard InChI is InChI=1S/C31H36F4N4O3S/c1-19-12-22(15-23(13-19)31(33,34)35)30(4,5)29(40)37(6)27-17-36-28(16-26(27)25-9-8-24(32)14-20(25)2)38-10-11-39(21(3)18-38)43(7,41)42/h8-9,12-17,21H,10-11,18H2,1-7H3/t21-/m0/s1. The van der Waals surface area contributed by atoms with E-state index in [0.29, 0.717) is 46.8 Å². The summed E-state index contributed by atoms with van der Waals surface area (Å²) in [6.45, 7) is 9.32. The highest BCUT2D eigenvalue weighted by atomic mass is 32.2. The highest BCUT2D eigenvalue weighted by Gasteiger charge is 2.38. The first-order chi connectivity index (χ1) is 19.8. The number of likely N-dealkylation sites (N-methyl/N-ethyl adjacent to an activating group) is 1. The Hall–Kier alpha value is -3.51. The first kappa shape index (κ1) is 32.4. The van der Waals surface area contributed by atoms with E-state index in [-0.39, 0.29) is 18.2 Å². The first-order valence-corrected chi connectivity index (χ1v) is 15.6. The Morgan fingerprint density at radius 2 is 1.65 bits per heavy atom. The molecule has 1 atom stereocenters. The lowest BCUT2D eigenvalue weighted by Crippen LogP contribution is -2.53. The molecule has 2 heterocycles. The van der Waals surface area contributed by atoms with Gasteiger partial charge in [0.15, 0.2) is 0 Å². The minimum Gasteiger partial charge on any atom is -0.354 e. The maximum atomic E-state index is 14.1. The average Bonchev–Trinajstić information content (AvgIpc) is 2.90. The third-order valence-electron chi connectivity index (χ3n) is 7.99. The SMILES string of the molecule is Cc1cc(C(F)(F)F)cc(C(C)(C)C(=O)N(C)c2cnc(N3CCN(S(C)(=O)=O)[C@@H](C)C3)cc2-c2ccc(F)cc2C)c1. The van der Waals surface area contributed by atoms with Gasteiger partial charge in [0.1, 0.15) is 11.6 Å². The number of carbonyl (C=O) groups is 1. The maximum absolute atomic E-state index is 14.1. The second-order valence-electron chi connectivity index (χ2n) is 11.8. The summed E-state index contributed by atoms with van der Waals surface area (Å²) in [5.74, 6) is -0.332. The van der Waals surface area contributed by atoms with Crippen molar-refractivity contribution in [2.75, 3.05) is 42.7 Å². The van der Waals surface area contributed by atoms with Crippen LogP contribution >= 0.6 is 0 Å². The number of sulfonamides is 1. The van der Waals surface area contributed by atoms with E-state index >= 15 is 0 Å². The highest BCUT2D eigenvalue weighted by molar-refractivity contribution is 7.88. The molecule has 43 heavy (non-hydrogen) atoms. The molecule has 1 saturated heterocycles. The van der Waals surface area contributed by atoms with Crippen LogP contribution in [0.3, 0.4) is 0 Å². The van der Waals surface area contributed by atoms with Gasteiger partial charge in [-0.15, -0.1) is 0 Å². The number of aryl methyl sites for hydroxylation is 2. The summed E-state index contributed by atoms with van der Waals surface area (Å²) in [6.07, 6.45) is -1.87. The molecule has 1 fully saturated rings. The van der Waals surface area contributed by atoms with E-state index in [2.05, 4.69) is 4.98 Å².